The summed E-state index contributed by atoms with van der Waals surface area (Å²) in [6.07, 6.45) is 4.47. The van der Waals surface area contributed by atoms with Crippen LogP contribution in [0.4, 0.5) is 0 Å². The topological polar surface area (TPSA) is 55.8 Å². The second-order valence-corrected chi connectivity index (χ2v) is 9.93. The zero-order valence-corrected chi connectivity index (χ0v) is 21.1. The third kappa shape index (κ3) is 3.98. The Balaban J connectivity index is 1.60. The third-order valence-corrected chi connectivity index (χ3v) is 7.64. The highest BCUT2D eigenvalue weighted by Crippen LogP contribution is 2.50. The maximum Gasteiger partial charge on any atom is 0.175 e. The summed E-state index contributed by atoms with van der Waals surface area (Å²) < 4.78 is 12.6. The van der Waals surface area contributed by atoms with Crippen LogP contribution in [0.5, 0.6) is 11.5 Å². The van der Waals surface area contributed by atoms with E-state index in [0.29, 0.717) is 30.9 Å². The molecule has 2 aliphatic carbocycles. The molecule has 6 heteroatoms. The van der Waals surface area contributed by atoms with Crippen LogP contribution in [0.2, 0.25) is 0 Å². The number of Topliss-reactive ketones (excluding diaryl/α,β-unsaturated/α-hetero) is 2. The Kier molecular flexibility index (Phi) is 6.34. The van der Waals surface area contributed by atoms with Crippen molar-refractivity contribution in [1.29, 1.82) is 0 Å². The zero-order valence-electron chi connectivity index (χ0n) is 19.5. The van der Waals surface area contributed by atoms with Crippen molar-refractivity contribution in [3.05, 3.63) is 80.6 Å². The number of hydrogen-bond acceptors (Lipinski definition) is 5. The summed E-state index contributed by atoms with van der Waals surface area (Å²) in [6, 6.07) is 13.9. The summed E-state index contributed by atoms with van der Waals surface area (Å²) in [5.41, 5.74) is 5.61. The van der Waals surface area contributed by atoms with Gasteiger partial charge in [0.15, 0.2) is 23.1 Å². The van der Waals surface area contributed by atoms with E-state index >= 15 is 0 Å². The van der Waals surface area contributed by atoms with Gasteiger partial charge in [0.2, 0.25) is 0 Å². The van der Waals surface area contributed by atoms with Gasteiger partial charge in [-0.3, -0.25) is 9.59 Å². The van der Waals surface area contributed by atoms with Crippen molar-refractivity contribution in [3.8, 4) is 11.5 Å². The maximum absolute atomic E-state index is 13.2. The molecule has 0 amide bonds. The second kappa shape index (κ2) is 9.41. The van der Waals surface area contributed by atoms with Crippen LogP contribution in [0.25, 0.3) is 0 Å². The van der Waals surface area contributed by atoms with Crippen LogP contribution in [0.1, 0.15) is 55.6 Å². The highest BCUT2D eigenvalue weighted by atomic mass is 79.9. The summed E-state index contributed by atoms with van der Waals surface area (Å²) in [6.45, 7) is 0.408. The summed E-state index contributed by atoms with van der Waals surface area (Å²) in [7, 11) is 3.62. The predicted molar refractivity (Wildman–Crippen MR) is 134 cm³/mol. The lowest BCUT2D eigenvalue weighted by atomic mass is 9.71. The normalized spacial score (nSPS) is 18.7. The van der Waals surface area contributed by atoms with Gasteiger partial charge in [0.25, 0.3) is 0 Å². The molecule has 0 radical (unpaired) electrons. The fraction of sp³-hybridized carbons (Fsp3) is 0.357. The number of rotatable bonds is 5. The van der Waals surface area contributed by atoms with E-state index in [1.54, 1.807) is 7.11 Å². The molecule has 2 aromatic rings. The Hall–Kier alpha value is -2.86. The average molecular weight is 522 g/mol. The van der Waals surface area contributed by atoms with Crippen molar-refractivity contribution < 1.29 is 19.1 Å². The molecule has 3 aliphatic rings. The molecule has 34 heavy (non-hydrogen) atoms. The van der Waals surface area contributed by atoms with Crippen molar-refractivity contribution in [2.24, 2.45) is 0 Å². The molecule has 1 aliphatic heterocycles. The van der Waals surface area contributed by atoms with Gasteiger partial charge in [0.05, 0.1) is 11.6 Å². The van der Waals surface area contributed by atoms with Crippen LogP contribution in [-0.4, -0.2) is 30.6 Å². The number of nitrogens with zero attached hydrogens (tertiary/aromatic N) is 1. The van der Waals surface area contributed by atoms with Crippen LogP contribution in [0, 0.1) is 0 Å². The van der Waals surface area contributed by atoms with Gasteiger partial charge in [-0.25, -0.2) is 0 Å². The number of ketones is 2. The number of halogens is 1. The van der Waals surface area contributed by atoms with E-state index in [2.05, 4.69) is 20.8 Å². The first-order valence-electron chi connectivity index (χ1n) is 11.8. The molecule has 5 rings (SSSR count). The molecule has 0 aromatic heterocycles. The minimum Gasteiger partial charge on any atom is -0.493 e. The lowest BCUT2D eigenvalue weighted by Crippen LogP contribution is -2.37. The molecular weight excluding hydrogens is 494 g/mol. The number of ether oxygens (including phenoxy) is 2. The molecule has 0 saturated heterocycles. The van der Waals surface area contributed by atoms with Gasteiger partial charge in [-0.05, 0) is 64.9 Å². The fourth-order valence-electron chi connectivity index (χ4n) is 5.46. The van der Waals surface area contributed by atoms with E-state index < -0.39 is 0 Å². The van der Waals surface area contributed by atoms with E-state index in [9.17, 15) is 9.59 Å². The van der Waals surface area contributed by atoms with Crippen molar-refractivity contribution in [2.75, 3.05) is 14.2 Å². The smallest absolute Gasteiger partial charge is 0.175 e. The molecule has 0 saturated carbocycles. The Morgan fingerprint density at radius 3 is 2.15 bits per heavy atom. The Morgan fingerprint density at radius 2 is 1.56 bits per heavy atom. The van der Waals surface area contributed by atoms with E-state index in [1.807, 2.05) is 49.5 Å². The Morgan fingerprint density at radius 1 is 0.941 bits per heavy atom. The van der Waals surface area contributed by atoms with Gasteiger partial charge in [0, 0.05) is 48.3 Å². The lowest BCUT2D eigenvalue weighted by molar-refractivity contribution is -0.117. The Labute approximate surface area is 208 Å². The molecule has 0 bridgehead atoms. The molecule has 1 heterocycles. The van der Waals surface area contributed by atoms with Crippen molar-refractivity contribution in [2.45, 2.75) is 51.0 Å². The van der Waals surface area contributed by atoms with Gasteiger partial charge in [-0.2, -0.15) is 0 Å². The van der Waals surface area contributed by atoms with Gasteiger partial charge < -0.3 is 14.4 Å². The molecule has 5 nitrogen and oxygen atoms in total. The molecular formula is C28H28BrNO4. The Bertz CT molecular complexity index is 1170. The number of carbonyl (C=O) groups is 2. The SMILES string of the molecule is COc1cc(C2C3=C(CCCC3=O)N(C)C3=C2C(=O)CCC3)cc(Br)c1OCc1ccccc1. The number of carbonyl (C=O) groups excluding carboxylic acids is 2. The first-order valence-corrected chi connectivity index (χ1v) is 12.6. The number of benzene rings is 2. The minimum atomic E-state index is -0.366. The molecule has 2 aromatic carbocycles. The highest BCUT2D eigenvalue weighted by molar-refractivity contribution is 9.10. The van der Waals surface area contributed by atoms with Gasteiger partial charge in [-0.15, -0.1) is 0 Å². The van der Waals surface area contributed by atoms with E-state index in [0.717, 1.165) is 63.8 Å². The van der Waals surface area contributed by atoms with Crippen LogP contribution in [-0.2, 0) is 16.2 Å². The molecule has 0 fully saturated rings. The molecule has 0 atom stereocenters. The fourth-order valence-corrected chi connectivity index (χ4v) is 6.04. The monoisotopic (exact) mass is 521 g/mol. The molecule has 176 valence electrons. The first-order chi connectivity index (χ1) is 16.5. The summed E-state index contributed by atoms with van der Waals surface area (Å²) in [5.74, 6) is 1.10. The quantitative estimate of drug-likeness (QED) is 0.477. The molecule has 0 spiro atoms. The average Bonchev–Trinajstić information content (AvgIpc) is 2.85. The number of methoxy groups -OCH3 is 1. The zero-order chi connectivity index (χ0) is 23.8. The third-order valence-electron chi connectivity index (χ3n) is 7.06. The molecule has 0 N–H and O–H groups in total. The van der Waals surface area contributed by atoms with Crippen LogP contribution < -0.4 is 9.47 Å². The standard InChI is InChI=1S/C28H28BrNO4/c1-30-20-10-6-12-22(31)26(20)25(27-21(30)11-7-13-23(27)32)18-14-19(29)28(24(15-18)33-2)34-16-17-8-4-3-5-9-17/h3-5,8-9,14-15,25H,6-7,10-13,16H2,1-2H3. The summed E-state index contributed by atoms with van der Waals surface area (Å²) >= 11 is 3.68. The lowest BCUT2D eigenvalue weighted by Gasteiger charge is -2.42. The van der Waals surface area contributed by atoms with Crippen molar-refractivity contribution in [1.82, 2.24) is 4.90 Å². The predicted octanol–water partition coefficient (Wildman–Crippen LogP) is 6.08. The van der Waals surface area contributed by atoms with Gasteiger partial charge >= 0.3 is 0 Å². The van der Waals surface area contributed by atoms with E-state index in [1.165, 1.54) is 0 Å². The van der Waals surface area contributed by atoms with E-state index in [4.69, 9.17) is 9.47 Å². The number of allylic oxidation sites excluding steroid dienone is 4. The minimum absolute atomic E-state index is 0.141. The maximum atomic E-state index is 13.2. The molecule has 0 unspecified atom stereocenters. The van der Waals surface area contributed by atoms with Gasteiger partial charge in [-0.1, -0.05) is 30.3 Å². The van der Waals surface area contributed by atoms with Crippen LogP contribution in [0.15, 0.2) is 69.5 Å². The van der Waals surface area contributed by atoms with Crippen LogP contribution >= 0.6 is 15.9 Å². The second-order valence-electron chi connectivity index (χ2n) is 9.07. The summed E-state index contributed by atoms with van der Waals surface area (Å²) in [4.78, 5) is 28.6. The van der Waals surface area contributed by atoms with Crippen molar-refractivity contribution >= 4 is 27.5 Å². The van der Waals surface area contributed by atoms with Crippen LogP contribution in [0.3, 0.4) is 0 Å². The summed E-state index contributed by atoms with van der Waals surface area (Å²) in [5, 5.41) is 0. The van der Waals surface area contributed by atoms with E-state index in [-0.39, 0.29) is 17.5 Å². The van der Waals surface area contributed by atoms with Gasteiger partial charge in [0.1, 0.15) is 6.61 Å². The highest BCUT2D eigenvalue weighted by Gasteiger charge is 2.42. The number of hydrogen-bond donors (Lipinski definition) is 0. The first kappa shape index (κ1) is 22.9. The van der Waals surface area contributed by atoms with Crippen molar-refractivity contribution in [3.63, 3.8) is 0 Å². The largest absolute Gasteiger partial charge is 0.493 e.